The number of rotatable bonds is 5. The van der Waals surface area contributed by atoms with Crippen LogP contribution in [0.5, 0.6) is 0 Å². The third-order valence-corrected chi connectivity index (χ3v) is 3.55. The Labute approximate surface area is 138 Å². The first-order chi connectivity index (χ1) is 11.1. The summed E-state index contributed by atoms with van der Waals surface area (Å²) >= 11 is 5.91. The summed E-state index contributed by atoms with van der Waals surface area (Å²) in [6.45, 7) is 1.90. The molecule has 2 aromatic heterocycles. The highest BCUT2D eigenvalue weighted by Gasteiger charge is 2.21. The Kier molecular flexibility index (Phi) is 4.50. The van der Waals surface area contributed by atoms with Gasteiger partial charge in [-0.1, -0.05) is 11.6 Å². The van der Waals surface area contributed by atoms with E-state index in [0.29, 0.717) is 22.4 Å². The number of hydrogen-bond donors (Lipinski definition) is 3. The van der Waals surface area contributed by atoms with Gasteiger partial charge in [0.25, 0.3) is 0 Å². The summed E-state index contributed by atoms with van der Waals surface area (Å²) in [5.41, 5.74) is 7.64. The Balaban J connectivity index is 1.84. The van der Waals surface area contributed by atoms with Crippen LogP contribution in [0.4, 0.5) is 5.69 Å². The molecule has 7 nitrogen and oxygen atoms in total. The van der Waals surface area contributed by atoms with Crippen LogP contribution >= 0.6 is 11.6 Å². The van der Waals surface area contributed by atoms with Gasteiger partial charge in [0.15, 0.2) is 5.82 Å². The molecule has 0 amide bonds. The van der Waals surface area contributed by atoms with Crippen LogP contribution in [0.1, 0.15) is 18.8 Å². The Hall–Kier alpha value is -2.51. The molecule has 23 heavy (non-hydrogen) atoms. The van der Waals surface area contributed by atoms with E-state index in [1.807, 2.05) is 31.2 Å². The minimum atomic E-state index is -0.223. The van der Waals surface area contributed by atoms with Gasteiger partial charge in [0.2, 0.25) is 0 Å². The number of nitrogens with two attached hydrogens (primary N) is 1. The van der Waals surface area contributed by atoms with E-state index >= 15 is 0 Å². The van der Waals surface area contributed by atoms with Gasteiger partial charge in [0, 0.05) is 22.9 Å². The third kappa shape index (κ3) is 3.64. The Bertz CT molecular complexity index is 755. The van der Waals surface area contributed by atoms with Crippen molar-refractivity contribution >= 4 is 17.3 Å². The summed E-state index contributed by atoms with van der Waals surface area (Å²) in [4.78, 5) is 12.5. The zero-order chi connectivity index (χ0) is 16.2. The predicted molar refractivity (Wildman–Crippen MR) is 88.9 cm³/mol. The van der Waals surface area contributed by atoms with E-state index in [1.165, 1.54) is 6.33 Å². The Morgan fingerprint density at radius 1 is 1.22 bits per heavy atom. The predicted octanol–water partition coefficient (Wildman–Crippen LogP) is 2.42. The second-order valence-corrected chi connectivity index (χ2v) is 5.56. The van der Waals surface area contributed by atoms with Crippen molar-refractivity contribution < 1.29 is 0 Å². The highest BCUT2D eigenvalue weighted by Crippen LogP contribution is 2.22. The van der Waals surface area contributed by atoms with Crippen molar-refractivity contribution in [3.63, 3.8) is 0 Å². The van der Waals surface area contributed by atoms with Crippen molar-refractivity contribution in [1.29, 1.82) is 0 Å². The average Bonchev–Trinajstić information content (AvgIpc) is 3.04. The number of aromatic amines is 1. The van der Waals surface area contributed by atoms with Crippen molar-refractivity contribution in [2.75, 3.05) is 5.32 Å². The lowest BCUT2D eigenvalue weighted by Gasteiger charge is -2.21. The van der Waals surface area contributed by atoms with E-state index in [9.17, 15) is 0 Å². The molecule has 2 atom stereocenters. The Morgan fingerprint density at radius 2 is 2.00 bits per heavy atom. The van der Waals surface area contributed by atoms with E-state index in [0.717, 1.165) is 5.69 Å². The topological polar surface area (TPSA) is 105 Å². The van der Waals surface area contributed by atoms with Gasteiger partial charge in [-0.2, -0.15) is 5.10 Å². The van der Waals surface area contributed by atoms with Crippen LogP contribution in [0.15, 0.2) is 42.9 Å². The number of H-pyrrole nitrogens is 1. The van der Waals surface area contributed by atoms with Crippen molar-refractivity contribution in [1.82, 2.24) is 25.1 Å². The fourth-order valence-electron chi connectivity index (χ4n) is 2.13. The lowest BCUT2D eigenvalue weighted by molar-refractivity contribution is 0.595. The van der Waals surface area contributed by atoms with E-state index in [-0.39, 0.29) is 12.1 Å². The first-order valence-electron chi connectivity index (χ1n) is 7.10. The monoisotopic (exact) mass is 329 g/mol. The minimum Gasteiger partial charge on any atom is -0.374 e. The molecule has 118 valence electrons. The quantitative estimate of drug-likeness (QED) is 0.664. The van der Waals surface area contributed by atoms with Gasteiger partial charge < -0.3 is 11.1 Å². The molecule has 0 aliphatic heterocycles. The largest absolute Gasteiger partial charge is 0.374 e. The van der Waals surface area contributed by atoms with Crippen LogP contribution in [0, 0.1) is 0 Å². The molecule has 0 spiro atoms. The summed E-state index contributed by atoms with van der Waals surface area (Å²) in [5.74, 6) is 1.15. The van der Waals surface area contributed by atoms with Gasteiger partial charge in [-0.25, -0.2) is 15.0 Å². The van der Waals surface area contributed by atoms with Crippen LogP contribution in [0.2, 0.25) is 5.02 Å². The molecule has 3 rings (SSSR count). The molecule has 0 fully saturated rings. The number of nitrogens with one attached hydrogen (secondary N) is 2. The lowest BCUT2D eigenvalue weighted by Crippen LogP contribution is -2.31. The first kappa shape index (κ1) is 15.4. The van der Waals surface area contributed by atoms with E-state index in [2.05, 4.69) is 30.5 Å². The van der Waals surface area contributed by atoms with E-state index in [1.54, 1.807) is 12.3 Å². The van der Waals surface area contributed by atoms with Gasteiger partial charge in [0.05, 0.1) is 0 Å². The summed E-state index contributed by atoms with van der Waals surface area (Å²) in [5, 5.41) is 11.1. The lowest BCUT2D eigenvalue weighted by atomic mass is 10.1. The van der Waals surface area contributed by atoms with E-state index < -0.39 is 0 Å². The number of nitrogens with zero attached hydrogens (tertiary/aromatic N) is 4. The van der Waals surface area contributed by atoms with Crippen LogP contribution < -0.4 is 11.1 Å². The Morgan fingerprint density at radius 3 is 2.65 bits per heavy atom. The summed E-state index contributed by atoms with van der Waals surface area (Å²) in [6.07, 6.45) is 3.10. The van der Waals surface area contributed by atoms with Gasteiger partial charge in [-0.15, -0.1) is 0 Å². The molecule has 0 aliphatic rings. The third-order valence-electron chi connectivity index (χ3n) is 3.30. The van der Waals surface area contributed by atoms with Crippen molar-refractivity contribution in [2.24, 2.45) is 5.73 Å². The molecule has 2 heterocycles. The van der Waals surface area contributed by atoms with Crippen molar-refractivity contribution in [2.45, 2.75) is 19.0 Å². The van der Waals surface area contributed by atoms with Crippen LogP contribution in [-0.4, -0.2) is 31.2 Å². The average molecular weight is 330 g/mol. The fraction of sp³-hybridized carbons (Fsp3) is 0.200. The highest BCUT2D eigenvalue weighted by atomic mass is 35.5. The molecule has 0 aliphatic carbocycles. The summed E-state index contributed by atoms with van der Waals surface area (Å²) in [7, 11) is 0. The second kappa shape index (κ2) is 6.72. The molecular weight excluding hydrogens is 314 g/mol. The molecular formula is C15H16ClN7. The summed E-state index contributed by atoms with van der Waals surface area (Å²) in [6, 6.07) is 8.75. The molecule has 0 radical (unpaired) electrons. The fourth-order valence-corrected chi connectivity index (χ4v) is 2.25. The van der Waals surface area contributed by atoms with Crippen LogP contribution in [0.25, 0.3) is 11.5 Å². The maximum atomic E-state index is 6.09. The van der Waals surface area contributed by atoms with Gasteiger partial charge in [-0.3, -0.25) is 5.10 Å². The number of halogens is 1. The molecule has 0 saturated carbocycles. The number of hydrogen-bond acceptors (Lipinski definition) is 6. The van der Waals surface area contributed by atoms with Gasteiger partial charge in [0.1, 0.15) is 23.9 Å². The number of anilines is 1. The number of benzene rings is 1. The SMILES string of the molecule is CC(N)C(Nc1ccc(Cl)cc1)c1nc(-c2ccncn2)n[nH]1. The second-order valence-electron chi connectivity index (χ2n) is 5.13. The minimum absolute atomic E-state index is 0.183. The molecule has 1 aromatic carbocycles. The first-order valence-corrected chi connectivity index (χ1v) is 7.47. The zero-order valence-corrected chi connectivity index (χ0v) is 13.2. The normalized spacial score (nSPS) is 13.5. The molecule has 2 unspecified atom stereocenters. The molecule has 0 saturated heterocycles. The highest BCUT2D eigenvalue weighted by molar-refractivity contribution is 6.30. The van der Waals surface area contributed by atoms with E-state index in [4.69, 9.17) is 17.3 Å². The standard InChI is InChI=1S/C15H16ClN7/c1-9(17)13(20-11-4-2-10(16)3-5-11)15-21-14(22-23-15)12-6-7-18-8-19-12/h2-9,13,20H,17H2,1H3,(H,21,22,23). The zero-order valence-electron chi connectivity index (χ0n) is 12.4. The van der Waals surface area contributed by atoms with Crippen molar-refractivity contribution in [3.05, 3.63) is 53.7 Å². The molecule has 4 N–H and O–H groups in total. The summed E-state index contributed by atoms with van der Waals surface area (Å²) < 4.78 is 0. The number of aromatic nitrogens is 5. The van der Waals surface area contributed by atoms with Gasteiger partial charge in [-0.05, 0) is 37.3 Å². The van der Waals surface area contributed by atoms with Gasteiger partial charge >= 0.3 is 0 Å². The molecule has 0 bridgehead atoms. The molecule has 8 heteroatoms. The smallest absolute Gasteiger partial charge is 0.199 e. The van der Waals surface area contributed by atoms with Crippen molar-refractivity contribution in [3.8, 4) is 11.5 Å². The maximum absolute atomic E-state index is 6.09. The van der Waals surface area contributed by atoms with Crippen LogP contribution in [0.3, 0.4) is 0 Å². The van der Waals surface area contributed by atoms with Crippen LogP contribution in [-0.2, 0) is 0 Å². The maximum Gasteiger partial charge on any atom is 0.199 e. The molecule has 3 aromatic rings.